The van der Waals surface area contributed by atoms with Crippen molar-refractivity contribution in [1.82, 2.24) is 5.32 Å². The first-order valence-corrected chi connectivity index (χ1v) is 7.79. The van der Waals surface area contributed by atoms with Gasteiger partial charge < -0.3 is 5.32 Å². The summed E-state index contributed by atoms with van der Waals surface area (Å²) >= 11 is 1.93. The molecule has 0 aliphatic rings. The third-order valence-corrected chi connectivity index (χ3v) is 4.26. The monoisotopic (exact) mass is 251 g/mol. The third kappa shape index (κ3) is 3.75. The maximum Gasteiger partial charge on any atom is 0.0356 e. The molecule has 2 atom stereocenters. The summed E-state index contributed by atoms with van der Waals surface area (Å²) in [5.41, 5.74) is 4.29. The largest absolute Gasteiger partial charge is 0.310 e. The smallest absolute Gasteiger partial charge is 0.0356 e. The Morgan fingerprint density at radius 1 is 1.29 bits per heavy atom. The fourth-order valence-electron chi connectivity index (χ4n) is 2.31. The van der Waals surface area contributed by atoms with Crippen LogP contribution in [0, 0.1) is 19.8 Å². The van der Waals surface area contributed by atoms with Gasteiger partial charge in [0.2, 0.25) is 0 Å². The van der Waals surface area contributed by atoms with Crippen LogP contribution in [0.2, 0.25) is 0 Å². The van der Waals surface area contributed by atoms with Crippen LogP contribution in [0.15, 0.2) is 18.2 Å². The second kappa shape index (κ2) is 7.07. The Kier molecular flexibility index (Phi) is 6.07. The third-order valence-electron chi connectivity index (χ3n) is 3.40. The molecule has 17 heavy (non-hydrogen) atoms. The molecular weight excluding hydrogens is 226 g/mol. The number of rotatable bonds is 6. The zero-order valence-electron chi connectivity index (χ0n) is 11.7. The molecule has 1 aromatic rings. The van der Waals surface area contributed by atoms with E-state index < -0.39 is 0 Å². The minimum Gasteiger partial charge on any atom is -0.310 e. The van der Waals surface area contributed by atoms with E-state index in [9.17, 15) is 0 Å². The summed E-state index contributed by atoms with van der Waals surface area (Å²) in [4.78, 5) is 0. The van der Waals surface area contributed by atoms with Gasteiger partial charge in [-0.2, -0.15) is 11.8 Å². The van der Waals surface area contributed by atoms with Gasteiger partial charge in [-0.05, 0) is 55.0 Å². The number of nitrogens with one attached hydrogen (secondary N) is 1. The van der Waals surface area contributed by atoms with Crippen molar-refractivity contribution in [2.75, 3.05) is 18.6 Å². The first-order valence-electron chi connectivity index (χ1n) is 6.40. The molecule has 0 aliphatic carbocycles. The summed E-state index contributed by atoms with van der Waals surface area (Å²) in [5.74, 6) is 1.86. The van der Waals surface area contributed by atoms with Crippen LogP contribution in [0.3, 0.4) is 0 Å². The van der Waals surface area contributed by atoms with E-state index in [1.807, 2.05) is 11.8 Å². The fraction of sp³-hybridized carbons (Fsp3) is 0.600. The van der Waals surface area contributed by atoms with E-state index in [-0.39, 0.29) is 0 Å². The summed E-state index contributed by atoms with van der Waals surface area (Å²) in [7, 11) is 0. The highest BCUT2D eigenvalue weighted by atomic mass is 32.2. The summed E-state index contributed by atoms with van der Waals surface area (Å²) in [6.45, 7) is 9.98. The first kappa shape index (κ1) is 14.6. The normalized spacial score (nSPS) is 14.6. The van der Waals surface area contributed by atoms with Crippen molar-refractivity contribution < 1.29 is 0 Å². The molecule has 0 heterocycles. The Labute approximate surface area is 110 Å². The maximum atomic E-state index is 3.64. The molecule has 0 bridgehead atoms. The Morgan fingerprint density at radius 3 is 2.59 bits per heavy atom. The molecule has 1 N–H and O–H groups in total. The number of benzene rings is 1. The molecule has 1 nitrogen and oxygen atoms in total. The van der Waals surface area contributed by atoms with Gasteiger partial charge in [0.1, 0.15) is 0 Å². The Morgan fingerprint density at radius 2 is 2.00 bits per heavy atom. The van der Waals surface area contributed by atoms with E-state index in [0.29, 0.717) is 12.0 Å². The molecule has 0 amide bonds. The van der Waals surface area contributed by atoms with Crippen molar-refractivity contribution in [2.24, 2.45) is 5.92 Å². The molecule has 0 saturated heterocycles. The van der Waals surface area contributed by atoms with Crippen LogP contribution in [-0.4, -0.2) is 18.6 Å². The molecule has 0 aromatic heterocycles. The van der Waals surface area contributed by atoms with Gasteiger partial charge in [0, 0.05) is 6.04 Å². The molecule has 0 aliphatic heterocycles. The highest BCUT2D eigenvalue weighted by Crippen LogP contribution is 2.28. The van der Waals surface area contributed by atoms with Gasteiger partial charge >= 0.3 is 0 Å². The average Bonchev–Trinajstić information content (AvgIpc) is 2.30. The molecule has 2 heteroatoms. The van der Waals surface area contributed by atoms with Gasteiger partial charge in [0.15, 0.2) is 0 Å². The van der Waals surface area contributed by atoms with Crippen LogP contribution in [0.5, 0.6) is 0 Å². The van der Waals surface area contributed by atoms with Crippen molar-refractivity contribution in [3.8, 4) is 0 Å². The van der Waals surface area contributed by atoms with Crippen molar-refractivity contribution in [3.63, 3.8) is 0 Å². The standard InChI is InChI=1S/C15H25NS/c1-6-16-15(12(3)10-17-5)14-9-7-8-11(2)13(14)4/h7-9,12,15-16H,6,10H2,1-5H3. The molecule has 1 aromatic carbocycles. The molecule has 96 valence electrons. The Hall–Kier alpha value is -0.470. The second-order valence-electron chi connectivity index (χ2n) is 4.76. The minimum atomic E-state index is 0.479. The van der Waals surface area contributed by atoms with E-state index >= 15 is 0 Å². The summed E-state index contributed by atoms with van der Waals surface area (Å²) < 4.78 is 0. The lowest BCUT2D eigenvalue weighted by Crippen LogP contribution is -2.28. The lowest BCUT2D eigenvalue weighted by atomic mass is 9.90. The van der Waals surface area contributed by atoms with Crippen LogP contribution in [0.1, 0.15) is 36.6 Å². The minimum absolute atomic E-state index is 0.479. The van der Waals surface area contributed by atoms with E-state index in [2.05, 4.69) is 57.5 Å². The van der Waals surface area contributed by atoms with E-state index in [0.717, 1.165) is 6.54 Å². The number of aryl methyl sites for hydroxylation is 1. The highest BCUT2D eigenvalue weighted by molar-refractivity contribution is 7.98. The molecule has 0 radical (unpaired) electrons. The van der Waals surface area contributed by atoms with Gasteiger partial charge in [-0.15, -0.1) is 0 Å². The molecule has 1 rings (SSSR count). The fourth-order valence-corrected chi connectivity index (χ4v) is 3.03. The van der Waals surface area contributed by atoms with Crippen LogP contribution in [0.25, 0.3) is 0 Å². The Bertz CT molecular complexity index is 349. The molecule has 0 spiro atoms. The summed E-state index contributed by atoms with van der Waals surface area (Å²) in [6, 6.07) is 7.12. The van der Waals surface area contributed by atoms with Gasteiger partial charge in [-0.1, -0.05) is 32.0 Å². The lowest BCUT2D eigenvalue weighted by Gasteiger charge is -2.27. The van der Waals surface area contributed by atoms with E-state index in [4.69, 9.17) is 0 Å². The summed E-state index contributed by atoms with van der Waals surface area (Å²) in [6.07, 6.45) is 2.18. The zero-order chi connectivity index (χ0) is 12.8. The zero-order valence-corrected chi connectivity index (χ0v) is 12.5. The van der Waals surface area contributed by atoms with Gasteiger partial charge in [-0.3, -0.25) is 0 Å². The predicted octanol–water partition coefficient (Wildman–Crippen LogP) is 3.95. The van der Waals surface area contributed by atoms with Crippen molar-refractivity contribution in [2.45, 2.75) is 33.7 Å². The van der Waals surface area contributed by atoms with Crippen LogP contribution >= 0.6 is 11.8 Å². The van der Waals surface area contributed by atoms with Crippen LogP contribution in [-0.2, 0) is 0 Å². The highest BCUT2D eigenvalue weighted by Gasteiger charge is 2.19. The first-order chi connectivity index (χ1) is 8.11. The quantitative estimate of drug-likeness (QED) is 0.821. The molecule has 0 fully saturated rings. The lowest BCUT2D eigenvalue weighted by molar-refractivity contribution is 0.426. The van der Waals surface area contributed by atoms with Crippen LogP contribution in [0.4, 0.5) is 0 Å². The van der Waals surface area contributed by atoms with E-state index in [1.54, 1.807) is 0 Å². The molecule has 2 unspecified atom stereocenters. The van der Waals surface area contributed by atoms with Crippen molar-refractivity contribution in [1.29, 1.82) is 0 Å². The molecular formula is C15H25NS. The number of hydrogen-bond acceptors (Lipinski definition) is 2. The van der Waals surface area contributed by atoms with E-state index in [1.165, 1.54) is 22.4 Å². The molecule has 0 saturated carbocycles. The number of hydrogen-bond donors (Lipinski definition) is 1. The SMILES string of the molecule is CCNC(c1cccc(C)c1C)C(C)CSC. The second-order valence-corrected chi connectivity index (χ2v) is 5.67. The summed E-state index contributed by atoms with van der Waals surface area (Å²) in [5, 5.41) is 3.64. The average molecular weight is 251 g/mol. The predicted molar refractivity (Wildman–Crippen MR) is 79.9 cm³/mol. The van der Waals surface area contributed by atoms with Crippen LogP contribution < -0.4 is 5.32 Å². The Balaban J connectivity index is 3.00. The van der Waals surface area contributed by atoms with Gasteiger partial charge in [-0.25, -0.2) is 0 Å². The maximum absolute atomic E-state index is 3.64. The topological polar surface area (TPSA) is 12.0 Å². The van der Waals surface area contributed by atoms with Crippen molar-refractivity contribution in [3.05, 3.63) is 34.9 Å². The van der Waals surface area contributed by atoms with Gasteiger partial charge in [0.05, 0.1) is 0 Å². The van der Waals surface area contributed by atoms with Crippen molar-refractivity contribution >= 4 is 11.8 Å². The number of thioether (sulfide) groups is 1. The van der Waals surface area contributed by atoms with Gasteiger partial charge in [0.25, 0.3) is 0 Å².